The topological polar surface area (TPSA) is 32.5 Å². The molecule has 0 saturated carbocycles. The highest BCUT2D eigenvalue weighted by atomic mass is 35.5. The second-order valence-electron chi connectivity index (χ2n) is 10.3. The van der Waals surface area contributed by atoms with E-state index < -0.39 is 11.7 Å². The Balaban J connectivity index is 4.23. The molecular weight excluding hydrogens is 524 g/mol. The van der Waals surface area contributed by atoms with Crippen molar-refractivity contribution < 1.29 is 8.78 Å². The van der Waals surface area contributed by atoms with Crippen molar-refractivity contribution in [3.05, 3.63) is 107 Å². The normalized spacial score (nSPS) is 17.9. The van der Waals surface area contributed by atoms with Gasteiger partial charge < -0.3 is 15.5 Å². The first kappa shape index (κ1) is 35.4. The minimum atomic E-state index is -0.533. The minimum absolute atomic E-state index is 0.0782. The molecule has 0 aromatic heterocycles. The highest BCUT2D eigenvalue weighted by Gasteiger charge is 2.29. The van der Waals surface area contributed by atoms with Crippen molar-refractivity contribution in [1.29, 1.82) is 0 Å². The van der Waals surface area contributed by atoms with Crippen molar-refractivity contribution in [2.45, 2.75) is 92.0 Å². The van der Waals surface area contributed by atoms with Gasteiger partial charge in [0, 0.05) is 43.1 Å². The standard InChI is InChI=1S/C34H50ClF2N3/c1-10-15-18-30(27(13-4)21-26(9)36)40(22-28(14-5)25(8)16-11-2)31(17-12-3)32(35)34(33(37)24(6)7)39-20-19-29(38)23-39/h12,18,21-22,29H,3,6,8-11,13-17,19-20,23,38H2,1-2,4-5,7H3/b27-21-,28-22+,30-18-,32-31-,34-33-. The molecule has 0 amide bonds. The molecule has 0 aromatic rings. The summed E-state index contributed by atoms with van der Waals surface area (Å²) in [5.41, 5.74) is 11.0. The minimum Gasteiger partial charge on any atom is -0.366 e. The lowest BCUT2D eigenvalue weighted by atomic mass is 9.99. The van der Waals surface area contributed by atoms with Gasteiger partial charge in [-0.1, -0.05) is 89.6 Å². The molecule has 40 heavy (non-hydrogen) atoms. The Morgan fingerprint density at radius 3 is 2.17 bits per heavy atom. The van der Waals surface area contributed by atoms with Crippen molar-refractivity contribution in [2.75, 3.05) is 13.1 Å². The van der Waals surface area contributed by atoms with E-state index in [4.69, 9.17) is 17.3 Å². The number of rotatable bonds is 17. The summed E-state index contributed by atoms with van der Waals surface area (Å²) in [4.78, 5) is 3.88. The molecule has 1 saturated heterocycles. The highest BCUT2D eigenvalue weighted by molar-refractivity contribution is 6.32. The number of unbranched alkanes of at least 4 members (excludes halogenated alkanes) is 1. The maximum atomic E-state index is 15.9. The summed E-state index contributed by atoms with van der Waals surface area (Å²) in [6.07, 6.45) is 13.1. The van der Waals surface area contributed by atoms with Gasteiger partial charge in [-0.25, -0.2) is 8.78 Å². The molecule has 1 fully saturated rings. The fraction of sp³-hybridized carbons (Fsp3) is 0.471. The molecule has 1 aliphatic heterocycles. The molecule has 3 nitrogen and oxygen atoms in total. The van der Waals surface area contributed by atoms with Gasteiger partial charge >= 0.3 is 0 Å². The molecule has 0 bridgehead atoms. The molecule has 0 aliphatic carbocycles. The number of hydrogen-bond donors (Lipinski definition) is 1. The van der Waals surface area contributed by atoms with Crippen molar-refractivity contribution in [2.24, 2.45) is 5.73 Å². The molecule has 222 valence electrons. The molecule has 1 aliphatic rings. The zero-order valence-corrected chi connectivity index (χ0v) is 26.1. The molecule has 2 N–H and O–H groups in total. The predicted octanol–water partition coefficient (Wildman–Crippen LogP) is 10.3. The van der Waals surface area contributed by atoms with Crippen molar-refractivity contribution in [3.8, 4) is 0 Å². The Kier molecular flexibility index (Phi) is 15.9. The summed E-state index contributed by atoms with van der Waals surface area (Å²) in [5, 5.41) is 0.249. The van der Waals surface area contributed by atoms with E-state index in [1.54, 1.807) is 13.0 Å². The summed E-state index contributed by atoms with van der Waals surface area (Å²) < 4.78 is 30.1. The van der Waals surface area contributed by atoms with E-state index in [0.717, 1.165) is 60.9 Å². The van der Waals surface area contributed by atoms with Crippen molar-refractivity contribution in [3.63, 3.8) is 0 Å². The smallest absolute Gasteiger partial charge is 0.150 e. The summed E-state index contributed by atoms with van der Waals surface area (Å²) in [6, 6.07) is -0.0782. The zero-order valence-electron chi connectivity index (χ0n) is 25.4. The first-order valence-corrected chi connectivity index (χ1v) is 14.8. The van der Waals surface area contributed by atoms with Crippen LogP contribution < -0.4 is 5.73 Å². The Morgan fingerprint density at radius 2 is 1.73 bits per heavy atom. The predicted molar refractivity (Wildman–Crippen MR) is 171 cm³/mol. The van der Waals surface area contributed by atoms with E-state index in [1.807, 2.05) is 22.9 Å². The number of hydrogen-bond acceptors (Lipinski definition) is 3. The first-order valence-electron chi connectivity index (χ1n) is 14.5. The van der Waals surface area contributed by atoms with Crippen LogP contribution in [0.4, 0.5) is 8.78 Å². The Morgan fingerprint density at radius 1 is 1.07 bits per heavy atom. The summed E-state index contributed by atoms with van der Waals surface area (Å²) in [7, 11) is 0. The lowest BCUT2D eigenvalue weighted by Crippen LogP contribution is -2.28. The van der Waals surface area contributed by atoms with Gasteiger partial charge in [-0.3, -0.25) is 0 Å². The third-order valence-electron chi connectivity index (χ3n) is 6.81. The van der Waals surface area contributed by atoms with Gasteiger partial charge in [-0.2, -0.15) is 0 Å². The third-order valence-corrected chi connectivity index (χ3v) is 7.21. The lowest BCUT2D eigenvalue weighted by Gasteiger charge is -2.32. The molecule has 0 spiro atoms. The van der Waals surface area contributed by atoms with E-state index in [2.05, 4.69) is 53.2 Å². The van der Waals surface area contributed by atoms with E-state index in [-0.39, 0.29) is 22.3 Å². The van der Waals surface area contributed by atoms with Gasteiger partial charge in [-0.15, -0.1) is 6.58 Å². The Labute approximate surface area is 247 Å². The van der Waals surface area contributed by atoms with Crippen LogP contribution in [-0.4, -0.2) is 28.9 Å². The maximum Gasteiger partial charge on any atom is 0.150 e. The maximum absolute atomic E-state index is 15.9. The van der Waals surface area contributed by atoms with E-state index in [1.165, 1.54) is 6.08 Å². The van der Waals surface area contributed by atoms with Crippen LogP contribution in [0.5, 0.6) is 0 Å². The van der Waals surface area contributed by atoms with Gasteiger partial charge in [0.25, 0.3) is 0 Å². The average molecular weight is 574 g/mol. The monoisotopic (exact) mass is 573 g/mol. The van der Waals surface area contributed by atoms with Crippen LogP contribution >= 0.6 is 11.6 Å². The second-order valence-corrected chi connectivity index (χ2v) is 10.6. The number of halogens is 3. The van der Waals surface area contributed by atoms with Gasteiger partial charge in [0.05, 0.1) is 10.7 Å². The van der Waals surface area contributed by atoms with Crippen molar-refractivity contribution >= 4 is 11.6 Å². The number of allylic oxidation sites excluding steroid dienone is 10. The van der Waals surface area contributed by atoms with Gasteiger partial charge in [0.1, 0.15) is 11.7 Å². The van der Waals surface area contributed by atoms with Crippen LogP contribution in [0.25, 0.3) is 0 Å². The largest absolute Gasteiger partial charge is 0.366 e. The van der Waals surface area contributed by atoms with E-state index in [0.29, 0.717) is 31.6 Å². The third kappa shape index (κ3) is 10.1. The van der Waals surface area contributed by atoms with Crippen LogP contribution in [0.1, 0.15) is 86.0 Å². The lowest BCUT2D eigenvalue weighted by molar-refractivity contribution is 0.407. The fourth-order valence-electron chi connectivity index (χ4n) is 4.69. The van der Waals surface area contributed by atoms with Gasteiger partial charge in [-0.05, 0) is 61.8 Å². The van der Waals surface area contributed by atoms with Crippen LogP contribution in [0.15, 0.2) is 107 Å². The average Bonchev–Trinajstić information content (AvgIpc) is 3.33. The number of nitrogens with two attached hydrogens (primary N) is 1. The van der Waals surface area contributed by atoms with Crippen molar-refractivity contribution in [1.82, 2.24) is 9.80 Å². The molecule has 1 unspecified atom stereocenters. The van der Waals surface area contributed by atoms with Gasteiger partial charge in [0.2, 0.25) is 0 Å². The quantitative estimate of drug-likeness (QED) is 0.139. The molecule has 0 aromatic carbocycles. The SMILES string of the molecule is C=CC/C(=C(Cl)\C(=C(\F)C(=C)C)N1CCC(N)C1)N(/C=C(\CC)C(=C)CCC)C(=C\CCC)/C(=C\C(=C)F)CC. The molecule has 6 heteroatoms. The molecule has 1 atom stereocenters. The van der Waals surface area contributed by atoms with E-state index in [9.17, 15) is 4.39 Å². The summed E-state index contributed by atoms with van der Waals surface area (Å²) in [5.74, 6) is -1.01. The fourth-order valence-corrected chi connectivity index (χ4v) is 5.06. The molecule has 1 rings (SSSR count). The second kappa shape index (κ2) is 17.9. The van der Waals surface area contributed by atoms with Crippen LogP contribution in [0.3, 0.4) is 0 Å². The Bertz CT molecular complexity index is 1090. The van der Waals surface area contributed by atoms with Crippen LogP contribution in [0, 0.1) is 0 Å². The molecular formula is C34H50ClF2N3. The highest BCUT2D eigenvalue weighted by Crippen LogP contribution is 2.38. The number of likely N-dealkylation sites (tertiary alicyclic amines) is 1. The Hall–Kier alpha value is -2.63. The summed E-state index contributed by atoms with van der Waals surface area (Å²) >= 11 is 7.23. The van der Waals surface area contributed by atoms with Crippen LogP contribution in [0.2, 0.25) is 0 Å². The van der Waals surface area contributed by atoms with Gasteiger partial charge in [0.15, 0.2) is 0 Å². The van der Waals surface area contributed by atoms with E-state index >= 15 is 4.39 Å². The first-order chi connectivity index (χ1) is 19.0. The summed E-state index contributed by atoms with van der Waals surface area (Å²) in [6.45, 7) is 26.6. The molecule has 0 radical (unpaired) electrons. The number of nitrogens with zero attached hydrogens (tertiary/aromatic N) is 2. The van der Waals surface area contributed by atoms with Crippen LogP contribution in [-0.2, 0) is 0 Å². The zero-order chi connectivity index (χ0) is 30.4. The molecule has 1 heterocycles.